The Morgan fingerprint density at radius 2 is 1.72 bits per heavy atom. The van der Waals surface area contributed by atoms with E-state index in [-0.39, 0.29) is 18.9 Å². The highest BCUT2D eigenvalue weighted by atomic mass is 16.7. The number of imide groups is 1. The molecule has 0 saturated carbocycles. The van der Waals surface area contributed by atoms with Gasteiger partial charge in [-0.15, -0.1) is 0 Å². The van der Waals surface area contributed by atoms with E-state index in [2.05, 4.69) is 0 Å². The molecule has 0 aromatic heterocycles. The number of hydrogen-bond donors (Lipinski definition) is 0. The molecule has 7 nitrogen and oxygen atoms in total. The van der Waals surface area contributed by atoms with Crippen molar-refractivity contribution in [1.82, 2.24) is 4.90 Å². The minimum atomic E-state index is -0.848. The molecular formula is C18H29NO6. The van der Waals surface area contributed by atoms with E-state index in [9.17, 15) is 14.4 Å². The van der Waals surface area contributed by atoms with Crippen LogP contribution >= 0.6 is 0 Å². The average molecular weight is 355 g/mol. The van der Waals surface area contributed by atoms with Gasteiger partial charge in [0.2, 0.25) is 5.91 Å². The Kier molecular flexibility index (Phi) is 7.02. The monoisotopic (exact) mass is 355 g/mol. The van der Waals surface area contributed by atoms with Crippen LogP contribution in [0.25, 0.3) is 0 Å². The topological polar surface area (TPSA) is 82.1 Å². The van der Waals surface area contributed by atoms with Crippen LogP contribution in [0.3, 0.4) is 0 Å². The van der Waals surface area contributed by atoms with Gasteiger partial charge in [-0.2, -0.15) is 0 Å². The van der Waals surface area contributed by atoms with E-state index < -0.39 is 29.5 Å². The predicted octanol–water partition coefficient (Wildman–Crippen LogP) is 3.81. The zero-order chi connectivity index (χ0) is 19.3. The van der Waals surface area contributed by atoms with Crippen molar-refractivity contribution >= 4 is 18.2 Å². The molecule has 1 heterocycles. The summed E-state index contributed by atoms with van der Waals surface area (Å²) in [6, 6.07) is -0.727. The second kappa shape index (κ2) is 8.36. The molecule has 0 N–H and O–H groups in total. The van der Waals surface area contributed by atoms with Crippen LogP contribution in [0.4, 0.5) is 9.59 Å². The SMILES string of the molecule is CC(C)(C)OC(=O)OCC1/C=C\CCCC(=O)N1C(=O)OC(C)(C)C. The molecule has 2 amide bonds. The average Bonchev–Trinajstić information content (AvgIpc) is 2.37. The number of hydrogen-bond acceptors (Lipinski definition) is 6. The molecular weight excluding hydrogens is 326 g/mol. The van der Waals surface area contributed by atoms with Crippen molar-refractivity contribution in [2.24, 2.45) is 0 Å². The molecule has 1 aliphatic rings. The smallest absolute Gasteiger partial charge is 0.443 e. The molecule has 0 aliphatic carbocycles. The molecule has 0 aromatic rings. The molecule has 0 bridgehead atoms. The van der Waals surface area contributed by atoms with E-state index in [0.29, 0.717) is 6.42 Å². The van der Waals surface area contributed by atoms with Crippen LogP contribution in [0, 0.1) is 0 Å². The largest absolute Gasteiger partial charge is 0.508 e. The van der Waals surface area contributed by atoms with Gasteiger partial charge in [0.15, 0.2) is 0 Å². The summed E-state index contributed by atoms with van der Waals surface area (Å²) in [5.74, 6) is -0.351. The zero-order valence-corrected chi connectivity index (χ0v) is 16.0. The molecule has 25 heavy (non-hydrogen) atoms. The summed E-state index contributed by atoms with van der Waals surface area (Å²) in [6.07, 6.45) is 3.55. The number of carbonyl (C=O) groups excluding carboxylic acids is 3. The first kappa shape index (κ1) is 21.0. The van der Waals surface area contributed by atoms with Crippen molar-refractivity contribution in [3.8, 4) is 0 Å². The Bertz CT molecular complexity index is 527. The fourth-order valence-electron chi connectivity index (χ4n) is 2.13. The molecule has 1 unspecified atom stereocenters. The lowest BCUT2D eigenvalue weighted by atomic mass is 10.1. The highest BCUT2D eigenvalue weighted by molar-refractivity contribution is 5.93. The van der Waals surface area contributed by atoms with E-state index >= 15 is 0 Å². The number of rotatable bonds is 2. The van der Waals surface area contributed by atoms with Gasteiger partial charge < -0.3 is 14.2 Å². The Morgan fingerprint density at radius 1 is 1.12 bits per heavy atom. The van der Waals surface area contributed by atoms with Crippen molar-refractivity contribution in [2.45, 2.75) is 78.0 Å². The molecule has 7 heteroatoms. The first-order chi connectivity index (χ1) is 11.4. The second-order valence-electron chi connectivity index (χ2n) is 7.91. The van der Waals surface area contributed by atoms with Gasteiger partial charge in [0.05, 0.1) is 6.04 Å². The molecule has 0 aromatic carbocycles. The quantitative estimate of drug-likeness (QED) is 0.553. The van der Waals surface area contributed by atoms with Crippen molar-refractivity contribution in [3.63, 3.8) is 0 Å². The van der Waals surface area contributed by atoms with Crippen molar-refractivity contribution in [1.29, 1.82) is 0 Å². The van der Waals surface area contributed by atoms with Gasteiger partial charge in [0, 0.05) is 6.42 Å². The van der Waals surface area contributed by atoms with Crippen molar-refractivity contribution in [2.75, 3.05) is 6.61 Å². The lowest BCUT2D eigenvalue weighted by Gasteiger charge is -2.31. The number of allylic oxidation sites excluding steroid dienone is 1. The molecule has 1 aliphatic heterocycles. The Hall–Kier alpha value is -2.05. The van der Waals surface area contributed by atoms with E-state index in [0.717, 1.165) is 11.3 Å². The lowest BCUT2D eigenvalue weighted by molar-refractivity contribution is -0.133. The van der Waals surface area contributed by atoms with Crippen LogP contribution in [0.5, 0.6) is 0 Å². The third-order valence-corrected chi connectivity index (χ3v) is 3.07. The van der Waals surface area contributed by atoms with Crippen molar-refractivity contribution < 1.29 is 28.6 Å². The summed E-state index contributed by atoms with van der Waals surface area (Å²) in [7, 11) is 0. The minimum Gasteiger partial charge on any atom is -0.443 e. The first-order valence-electron chi connectivity index (χ1n) is 8.46. The molecule has 1 rings (SSSR count). The van der Waals surface area contributed by atoms with Gasteiger partial charge in [-0.3, -0.25) is 4.79 Å². The zero-order valence-electron chi connectivity index (χ0n) is 16.0. The number of amides is 2. The maximum absolute atomic E-state index is 12.5. The fourth-order valence-corrected chi connectivity index (χ4v) is 2.13. The predicted molar refractivity (Wildman–Crippen MR) is 92.0 cm³/mol. The number of nitrogens with zero attached hydrogens (tertiary/aromatic N) is 1. The van der Waals surface area contributed by atoms with E-state index in [1.165, 1.54) is 0 Å². The molecule has 0 fully saturated rings. The van der Waals surface area contributed by atoms with Crippen LogP contribution in [0.15, 0.2) is 12.2 Å². The second-order valence-corrected chi connectivity index (χ2v) is 7.91. The van der Waals surface area contributed by atoms with Gasteiger partial charge in [-0.25, -0.2) is 14.5 Å². The summed E-state index contributed by atoms with van der Waals surface area (Å²) in [5.41, 5.74) is -1.42. The Labute approximate surface area is 149 Å². The van der Waals surface area contributed by atoms with Gasteiger partial charge in [0.25, 0.3) is 0 Å². The van der Waals surface area contributed by atoms with Crippen LogP contribution in [0.1, 0.15) is 60.8 Å². The van der Waals surface area contributed by atoms with E-state index in [1.807, 2.05) is 6.08 Å². The van der Waals surface area contributed by atoms with Crippen LogP contribution in [-0.2, 0) is 19.0 Å². The van der Waals surface area contributed by atoms with Gasteiger partial charge in [-0.1, -0.05) is 12.2 Å². The van der Waals surface area contributed by atoms with Gasteiger partial charge in [0.1, 0.15) is 17.8 Å². The van der Waals surface area contributed by atoms with Crippen LogP contribution in [0.2, 0.25) is 0 Å². The minimum absolute atomic E-state index is 0.184. The van der Waals surface area contributed by atoms with Crippen molar-refractivity contribution in [3.05, 3.63) is 12.2 Å². The van der Waals surface area contributed by atoms with Crippen LogP contribution in [-0.4, -0.2) is 46.9 Å². The molecule has 142 valence electrons. The number of ether oxygens (including phenoxy) is 3. The fraction of sp³-hybridized carbons (Fsp3) is 0.722. The lowest BCUT2D eigenvalue weighted by Crippen LogP contribution is -2.48. The van der Waals surface area contributed by atoms with E-state index in [4.69, 9.17) is 14.2 Å². The molecule has 0 saturated heterocycles. The Balaban J connectivity index is 2.88. The highest BCUT2D eigenvalue weighted by Gasteiger charge is 2.33. The third-order valence-electron chi connectivity index (χ3n) is 3.07. The molecule has 0 radical (unpaired) electrons. The Morgan fingerprint density at radius 3 is 2.28 bits per heavy atom. The molecule has 0 spiro atoms. The molecule has 1 atom stereocenters. The highest BCUT2D eigenvalue weighted by Crippen LogP contribution is 2.18. The normalized spacial score (nSPS) is 20.3. The van der Waals surface area contributed by atoms with Gasteiger partial charge in [-0.05, 0) is 54.4 Å². The maximum atomic E-state index is 12.5. The third kappa shape index (κ3) is 8.05. The standard InChI is InChI=1S/C18H29NO6/c1-17(2,3)24-15(21)19-13(10-8-7-9-11-14(19)20)12-23-16(22)25-18(4,5)6/h8,10,13H,7,9,11-12H2,1-6H3/b10-8-. The summed E-state index contributed by atoms with van der Waals surface area (Å²) < 4.78 is 15.5. The summed E-state index contributed by atoms with van der Waals surface area (Å²) in [4.78, 5) is 37.6. The van der Waals surface area contributed by atoms with Crippen LogP contribution < -0.4 is 0 Å². The number of carbonyl (C=O) groups is 3. The first-order valence-corrected chi connectivity index (χ1v) is 8.46. The summed E-state index contributed by atoms with van der Waals surface area (Å²) in [5, 5.41) is 0. The summed E-state index contributed by atoms with van der Waals surface area (Å²) in [6.45, 7) is 10.2. The van der Waals surface area contributed by atoms with E-state index in [1.54, 1.807) is 47.6 Å². The van der Waals surface area contributed by atoms with Gasteiger partial charge >= 0.3 is 12.2 Å². The maximum Gasteiger partial charge on any atom is 0.508 e. The summed E-state index contributed by atoms with van der Waals surface area (Å²) >= 11 is 0.